The second kappa shape index (κ2) is 9.16. The first-order chi connectivity index (χ1) is 13.9. The highest BCUT2D eigenvalue weighted by Gasteiger charge is 2.14. The van der Waals surface area contributed by atoms with Gasteiger partial charge in [-0.25, -0.2) is 4.79 Å². The minimum atomic E-state index is -0.362. The van der Waals surface area contributed by atoms with E-state index in [1.165, 1.54) is 0 Å². The number of rotatable bonds is 6. The van der Waals surface area contributed by atoms with Crippen LogP contribution < -0.4 is 20.7 Å². The summed E-state index contributed by atoms with van der Waals surface area (Å²) >= 11 is 1.12. The third-order valence-corrected chi connectivity index (χ3v) is 4.97. The lowest BCUT2D eigenvalue weighted by atomic mass is 10.1. The number of benzene rings is 2. The number of aromatic nitrogens is 2. The lowest BCUT2D eigenvalue weighted by Crippen LogP contribution is -2.28. The van der Waals surface area contributed by atoms with Gasteiger partial charge in [-0.1, -0.05) is 23.5 Å². The number of nitrogens with one attached hydrogen (secondary N) is 3. The number of ether oxygens (including phenoxy) is 1. The van der Waals surface area contributed by atoms with Crippen molar-refractivity contribution >= 4 is 34.6 Å². The van der Waals surface area contributed by atoms with Crippen LogP contribution in [-0.2, 0) is 6.54 Å². The summed E-state index contributed by atoms with van der Waals surface area (Å²) in [6, 6.07) is 12.5. The SMILES string of the molecule is COc1ccc(NC(=O)c2nnc(CNC(=O)Nc3cc(C)ccc3C)s2)cc1. The van der Waals surface area contributed by atoms with Gasteiger partial charge in [0.2, 0.25) is 5.01 Å². The minimum absolute atomic E-state index is 0.171. The van der Waals surface area contributed by atoms with Gasteiger partial charge in [0.25, 0.3) is 5.91 Å². The highest BCUT2D eigenvalue weighted by molar-refractivity contribution is 7.13. The maximum Gasteiger partial charge on any atom is 0.319 e. The van der Waals surface area contributed by atoms with Gasteiger partial charge in [0.1, 0.15) is 10.8 Å². The van der Waals surface area contributed by atoms with Gasteiger partial charge in [0, 0.05) is 11.4 Å². The van der Waals surface area contributed by atoms with E-state index in [4.69, 9.17) is 4.74 Å². The molecule has 0 saturated heterocycles. The summed E-state index contributed by atoms with van der Waals surface area (Å²) in [6.45, 7) is 4.06. The first-order valence-electron chi connectivity index (χ1n) is 8.84. The fourth-order valence-electron chi connectivity index (χ4n) is 2.47. The van der Waals surface area contributed by atoms with Crippen LogP contribution in [0.1, 0.15) is 25.9 Å². The zero-order valence-electron chi connectivity index (χ0n) is 16.3. The molecule has 0 aliphatic rings. The average Bonchev–Trinajstić information content (AvgIpc) is 3.19. The quantitative estimate of drug-likeness (QED) is 0.573. The number of aryl methyl sites for hydroxylation is 2. The van der Waals surface area contributed by atoms with Crippen molar-refractivity contribution in [2.75, 3.05) is 17.7 Å². The molecular weight excluding hydrogens is 390 g/mol. The average molecular weight is 411 g/mol. The highest BCUT2D eigenvalue weighted by Crippen LogP contribution is 2.18. The van der Waals surface area contributed by atoms with E-state index in [0.717, 1.165) is 28.2 Å². The molecule has 0 bridgehead atoms. The third kappa shape index (κ3) is 5.52. The minimum Gasteiger partial charge on any atom is -0.497 e. The van der Waals surface area contributed by atoms with E-state index < -0.39 is 0 Å². The number of hydrogen-bond donors (Lipinski definition) is 3. The summed E-state index contributed by atoms with van der Waals surface area (Å²) in [6.07, 6.45) is 0. The van der Waals surface area contributed by atoms with Crippen molar-refractivity contribution in [3.05, 3.63) is 63.6 Å². The molecule has 0 saturated carbocycles. The van der Waals surface area contributed by atoms with Crippen LogP contribution in [0.3, 0.4) is 0 Å². The molecule has 0 spiro atoms. The molecule has 3 rings (SSSR count). The van der Waals surface area contributed by atoms with Gasteiger partial charge in [-0.05, 0) is 55.3 Å². The van der Waals surface area contributed by atoms with Gasteiger partial charge in [0.05, 0.1) is 13.7 Å². The Labute approximate surface area is 172 Å². The monoisotopic (exact) mass is 411 g/mol. The molecule has 3 aromatic rings. The van der Waals surface area contributed by atoms with Crippen LogP contribution in [-0.4, -0.2) is 29.2 Å². The van der Waals surface area contributed by atoms with E-state index in [0.29, 0.717) is 16.4 Å². The van der Waals surface area contributed by atoms with Gasteiger partial charge in [-0.2, -0.15) is 0 Å². The van der Waals surface area contributed by atoms with Crippen LogP contribution in [0.25, 0.3) is 0 Å². The first kappa shape index (κ1) is 20.3. The summed E-state index contributed by atoms with van der Waals surface area (Å²) in [5, 5.41) is 16.9. The van der Waals surface area contributed by atoms with Crippen molar-refractivity contribution in [2.24, 2.45) is 0 Å². The summed E-state index contributed by atoms with van der Waals surface area (Å²) < 4.78 is 5.09. The molecule has 3 amide bonds. The van der Waals surface area contributed by atoms with Crippen LogP contribution in [0.2, 0.25) is 0 Å². The molecular formula is C20H21N5O3S. The highest BCUT2D eigenvalue weighted by atomic mass is 32.1. The topological polar surface area (TPSA) is 105 Å². The lowest BCUT2D eigenvalue weighted by Gasteiger charge is -2.09. The number of carbonyl (C=O) groups is 2. The zero-order chi connectivity index (χ0) is 20.8. The van der Waals surface area contributed by atoms with Gasteiger partial charge in [-0.3, -0.25) is 4.79 Å². The van der Waals surface area contributed by atoms with Crippen LogP contribution in [0.5, 0.6) is 5.75 Å². The van der Waals surface area contributed by atoms with E-state index in [1.54, 1.807) is 31.4 Å². The summed E-state index contributed by atoms with van der Waals surface area (Å²) in [5.74, 6) is 0.338. The summed E-state index contributed by atoms with van der Waals surface area (Å²) in [7, 11) is 1.58. The van der Waals surface area contributed by atoms with Crippen LogP contribution in [0.15, 0.2) is 42.5 Å². The Morgan fingerprint density at radius 1 is 1.03 bits per heavy atom. The Hall–Kier alpha value is -3.46. The number of methoxy groups -OCH3 is 1. The van der Waals surface area contributed by atoms with Crippen LogP contribution >= 0.6 is 11.3 Å². The molecule has 150 valence electrons. The van der Waals surface area contributed by atoms with E-state index >= 15 is 0 Å². The van der Waals surface area contributed by atoms with Crippen molar-refractivity contribution in [3.63, 3.8) is 0 Å². The number of carbonyl (C=O) groups excluding carboxylic acids is 2. The van der Waals surface area contributed by atoms with E-state index in [9.17, 15) is 9.59 Å². The Kier molecular flexibility index (Phi) is 6.40. The second-order valence-corrected chi connectivity index (χ2v) is 7.37. The number of amides is 3. The van der Waals surface area contributed by atoms with E-state index in [1.807, 2.05) is 32.0 Å². The zero-order valence-corrected chi connectivity index (χ0v) is 17.1. The Morgan fingerprint density at radius 3 is 2.52 bits per heavy atom. The first-order valence-corrected chi connectivity index (χ1v) is 9.66. The van der Waals surface area contributed by atoms with E-state index in [2.05, 4.69) is 26.1 Å². The van der Waals surface area contributed by atoms with Gasteiger partial charge >= 0.3 is 6.03 Å². The number of urea groups is 1. The standard InChI is InChI=1S/C20H21N5O3S/c1-12-4-5-13(2)16(10-12)23-20(27)21-11-17-24-25-19(29-17)18(26)22-14-6-8-15(28-3)9-7-14/h4-10H,11H2,1-3H3,(H,22,26)(H2,21,23,27). The van der Waals surface area contributed by atoms with Crippen LogP contribution in [0.4, 0.5) is 16.2 Å². The van der Waals surface area contributed by atoms with Crippen molar-refractivity contribution < 1.29 is 14.3 Å². The van der Waals surface area contributed by atoms with Crippen molar-refractivity contribution in [3.8, 4) is 5.75 Å². The Bertz CT molecular complexity index is 1020. The number of hydrogen-bond acceptors (Lipinski definition) is 6. The van der Waals surface area contributed by atoms with Crippen molar-refractivity contribution in [1.29, 1.82) is 0 Å². The number of anilines is 2. The molecule has 9 heteroatoms. The third-order valence-electron chi connectivity index (χ3n) is 4.05. The predicted octanol–water partition coefficient (Wildman–Crippen LogP) is 3.74. The molecule has 0 fully saturated rings. The maximum absolute atomic E-state index is 12.3. The fraction of sp³-hybridized carbons (Fsp3) is 0.200. The van der Waals surface area contributed by atoms with Gasteiger partial charge in [0.15, 0.2) is 0 Å². The lowest BCUT2D eigenvalue weighted by molar-refractivity contribution is 0.102. The van der Waals surface area contributed by atoms with Crippen molar-refractivity contribution in [2.45, 2.75) is 20.4 Å². The van der Waals surface area contributed by atoms with Crippen LogP contribution in [0, 0.1) is 13.8 Å². The molecule has 2 aromatic carbocycles. The predicted molar refractivity (Wildman–Crippen MR) is 113 cm³/mol. The molecule has 8 nitrogen and oxygen atoms in total. The Balaban J connectivity index is 1.53. The summed E-state index contributed by atoms with van der Waals surface area (Å²) in [4.78, 5) is 24.4. The van der Waals surface area contributed by atoms with E-state index in [-0.39, 0.29) is 23.5 Å². The number of nitrogens with zero attached hydrogens (tertiary/aromatic N) is 2. The second-order valence-electron chi connectivity index (χ2n) is 6.31. The van der Waals surface area contributed by atoms with Gasteiger partial charge < -0.3 is 20.7 Å². The molecule has 0 aliphatic heterocycles. The molecule has 1 heterocycles. The molecule has 0 aliphatic carbocycles. The molecule has 0 atom stereocenters. The summed E-state index contributed by atoms with van der Waals surface area (Å²) in [5.41, 5.74) is 3.40. The maximum atomic E-state index is 12.3. The fourth-order valence-corrected chi connectivity index (χ4v) is 3.14. The largest absolute Gasteiger partial charge is 0.497 e. The Morgan fingerprint density at radius 2 is 1.79 bits per heavy atom. The van der Waals surface area contributed by atoms with Crippen molar-refractivity contribution in [1.82, 2.24) is 15.5 Å². The molecule has 29 heavy (non-hydrogen) atoms. The molecule has 0 unspecified atom stereocenters. The molecule has 0 radical (unpaired) electrons. The molecule has 1 aromatic heterocycles. The smallest absolute Gasteiger partial charge is 0.319 e. The van der Waals surface area contributed by atoms with Gasteiger partial charge in [-0.15, -0.1) is 10.2 Å². The molecule has 3 N–H and O–H groups in total. The normalized spacial score (nSPS) is 10.3.